The molecule has 0 atom stereocenters. The zero-order valence-electron chi connectivity index (χ0n) is 17.0. The van der Waals surface area contributed by atoms with E-state index in [0.29, 0.717) is 0 Å². The molecule has 2 aliphatic rings. The number of hydrogen-bond acceptors (Lipinski definition) is 3. The Hall–Kier alpha value is -2.33. The topological polar surface area (TPSA) is 34.0 Å². The van der Waals surface area contributed by atoms with Gasteiger partial charge in [-0.15, -0.1) is 22.6 Å². The maximum absolute atomic E-state index is 4.66. The molecule has 0 N–H and O–H groups in total. The summed E-state index contributed by atoms with van der Waals surface area (Å²) < 4.78 is 2.25. The van der Waals surface area contributed by atoms with Crippen LogP contribution < -0.4 is 4.90 Å². The molecule has 2 aromatic carbocycles. The van der Waals surface area contributed by atoms with E-state index >= 15 is 0 Å². The van der Waals surface area contributed by atoms with Crippen molar-refractivity contribution in [1.82, 2.24) is 14.8 Å². The van der Waals surface area contributed by atoms with E-state index in [1.807, 2.05) is 0 Å². The van der Waals surface area contributed by atoms with Crippen molar-refractivity contribution in [3.05, 3.63) is 77.6 Å². The first kappa shape index (κ1) is 20.0. The van der Waals surface area contributed by atoms with Gasteiger partial charge in [-0.05, 0) is 49.1 Å². The second-order valence-corrected chi connectivity index (χ2v) is 8.45. The molecular weight excluding hydrogens is 380 g/mol. The van der Waals surface area contributed by atoms with Gasteiger partial charge in [0.1, 0.15) is 5.82 Å². The monoisotopic (exact) mass is 408 g/mol. The zero-order valence-corrected chi connectivity index (χ0v) is 17.8. The molecule has 5 rings (SSSR count). The van der Waals surface area contributed by atoms with Gasteiger partial charge in [0.05, 0.1) is 5.41 Å². The van der Waals surface area contributed by atoms with Crippen LogP contribution in [-0.2, 0) is 18.9 Å². The summed E-state index contributed by atoms with van der Waals surface area (Å²) in [6, 6.07) is 21.7. The van der Waals surface area contributed by atoms with E-state index in [-0.39, 0.29) is 17.8 Å². The van der Waals surface area contributed by atoms with Crippen molar-refractivity contribution in [1.29, 1.82) is 0 Å². The van der Waals surface area contributed by atoms with E-state index in [0.717, 1.165) is 30.8 Å². The second-order valence-electron chi connectivity index (χ2n) is 8.45. The summed E-state index contributed by atoms with van der Waals surface area (Å²) in [4.78, 5) is 2.43. The van der Waals surface area contributed by atoms with E-state index in [4.69, 9.17) is 0 Å². The number of nitrogens with zero attached hydrogens (tertiary/aromatic N) is 4. The average molecular weight is 409 g/mol. The highest BCUT2D eigenvalue weighted by atomic mass is 35.5. The van der Waals surface area contributed by atoms with Crippen LogP contribution in [0.25, 0.3) is 0 Å². The number of aromatic nitrogens is 3. The number of halogens is 1. The molecule has 0 bridgehead atoms. The quantitative estimate of drug-likeness (QED) is 0.609. The van der Waals surface area contributed by atoms with Gasteiger partial charge in [0.15, 0.2) is 0 Å². The Balaban J connectivity index is 0.00000205. The van der Waals surface area contributed by atoms with Crippen molar-refractivity contribution >= 4 is 18.4 Å². The molecule has 5 heteroatoms. The molecular formula is C24H29ClN4. The lowest BCUT2D eigenvalue weighted by Crippen LogP contribution is -2.36. The second kappa shape index (κ2) is 8.19. The lowest BCUT2D eigenvalue weighted by Gasteiger charge is -2.32. The summed E-state index contributed by atoms with van der Waals surface area (Å²) in [6.07, 6.45) is 5.97. The van der Waals surface area contributed by atoms with Crippen molar-refractivity contribution in [3.63, 3.8) is 0 Å². The lowest BCUT2D eigenvalue weighted by molar-refractivity contribution is 0.398. The molecule has 1 aliphatic carbocycles. The third-order valence-corrected chi connectivity index (χ3v) is 6.62. The highest BCUT2D eigenvalue weighted by Crippen LogP contribution is 2.53. The van der Waals surface area contributed by atoms with Gasteiger partial charge in [-0.1, -0.05) is 60.7 Å². The first-order chi connectivity index (χ1) is 13.8. The molecule has 2 fully saturated rings. The third kappa shape index (κ3) is 3.78. The van der Waals surface area contributed by atoms with Gasteiger partial charge in [-0.25, -0.2) is 0 Å². The molecule has 0 radical (unpaired) electrons. The van der Waals surface area contributed by atoms with Crippen LogP contribution in [0.4, 0.5) is 5.95 Å². The van der Waals surface area contributed by atoms with Gasteiger partial charge in [-0.2, -0.15) is 0 Å². The molecule has 1 saturated carbocycles. The van der Waals surface area contributed by atoms with Crippen molar-refractivity contribution in [3.8, 4) is 0 Å². The average Bonchev–Trinajstić information content (AvgIpc) is 3.46. The predicted octanol–water partition coefficient (Wildman–Crippen LogP) is 4.78. The van der Waals surface area contributed by atoms with Crippen LogP contribution in [0.3, 0.4) is 0 Å². The molecule has 0 amide bonds. The maximum Gasteiger partial charge on any atom is 0.226 e. The zero-order chi connectivity index (χ0) is 19.0. The fourth-order valence-corrected chi connectivity index (χ4v) is 4.82. The van der Waals surface area contributed by atoms with Crippen LogP contribution >= 0.6 is 12.4 Å². The van der Waals surface area contributed by atoms with Gasteiger partial charge in [0.25, 0.3) is 0 Å². The van der Waals surface area contributed by atoms with Crippen LogP contribution in [0.1, 0.15) is 42.6 Å². The molecule has 29 heavy (non-hydrogen) atoms. The number of hydrogen-bond donors (Lipinski definition) is 0. The van der Waals surface area contributed by atoms with E-state index in [1.54, 1.807) is 0 Å². The molecule has 1 saturated heterocycles. The first-order valence-corrected chi connectivity index (χ1v) is 10.5. The minimum atomic E-state index is 0. The number of anilines is 1. The van der Waals surface area contributed by atoms with Gasteiger partial charge in [0.2, 0.25) is 5.95 Å². The summed E-state index contributed by atoms with van der Waals surface area (Å²) in [7, 11) is 2.14. The minimum absolute atomic E-state index is 0. The van der Waals surface area contributed by atoms with Gasteiger partial charge in [-0.3, -0.25) is 4.57 Å². The third-order valence-electron chi connectivity index (χ3n) is 6.62. The Kier molecular flexibility index (Phi) is 5.64. The van der Waals surface area contributed by atoms with E-state index < -0.39 is 0 Å². The molecule has 0 unspecified atom stereocenters. The Labute approximate surface area is 179 Å². The van der Waals surface area contributed by atoms with E-state index in [9.17, 15) is 0 Å². The highest BCUT2D eigenvalue weighted by molar-refractivity contribution is 5.85. The Bertz CT molecular complexity index is 926. The summed E-state index contributed by atoms with van der Waals surface area (Å²) in [6.45, 7) is 2.14. The number of benzene rings is 2. The normalized spacial score (nSPS) is 18.3. The van der Waals surface area contributed by atoms with E-state index in [1.165, 1.54) is 43.2 Å². The molecule has 152 valence electrons. The number of piperidine rings is 1. The molecule has 2 heterocycles. The van der Waals surface area contributed by atoms with Gasteiger partial charge >= 0.3 is 0 Å². The summed E-state index contributed by atoms with van der Waals surface area (Å²) in [5.41, 5.74) is 2.91. The molecule has 0 spiro atoms. The van der Waals surface area contributed by atoms with Crippen molar-refractivity contribution in [2.24, 2.45) is 13.0 Å². The van der Waals surface area contributed by atoms with Crippen LogP contribution in [0.15, 0.2) is 60.7 Å². The summed E-state index contributed by atoms with van der Waals surface area (Å²) >= 11 is 0. The SMILES string of the molecule is Cl.Cn1c(N2CCC(Cc3ccccc3)CC2)nnc1C1(c2ccccc2)CC1. The molecule has 4 nitrogen and oxygen atoms in total. The van der Waals surface area contributed by atoms with Crippen LogP contribution in [0.2, 0.25) is 0 Å². The molecule has 1 aromatic heterocycles. The fourth-order valence-electron chi connectivity index (χ4n) is 4.82. The minimum Gasteiger partial charge on any atom is -0.341 e. The summed E-state index contributed by atoms with van der Waals surface area (Å²) in [5, 5.41) is 9.28. The lowest BCUT2D eigenvalue weighted by atomic mass is 9.90. The maximum atomic E-state index is 4.66. The molecule has 3 aromatic rings. The predicted molar refractivity (Wildman–Crippen MR) is 120 cm³/mol. The van der Waals surface area contributed by atoms with Crippen LogP contribution in [-0.4, -0.2) is 27.9 Å². The largest absolute Gasteiger partial charge is 0.341 e. The van der Waals surface area contributed by atoms with Gasteiger partial charge in [0, 0.05) is 20.1 Å². The number of rotatable bonds is 5. The molecule has 1 aliphatic heterocycles. The smallest absolute Gasteiger partial charge is 0.226 e. The van der Waals surface area contributed by atoms with Crippen molar-refractivity contribution in [2.75, 3.05) is 18.0 Å². The van der Waals surface area contributed by atoms with Crippen molar-refractivity contribution in [2.45, 2.75) is 37.5 Å². The standard InChI is InChI=1S/C24H28N4.ClH/c1-27-22(24(14-15-24)21-10-6-3-7-11-21)25-26-23(27)28-16-12-20(13-17-28)18-19-8-4-2-5-9-19;/h2-11,20H,12-18H2,1H3;1H. The Morgan fingerprint density at radius 2 is 1.52 bits per heavy atom. The summed E-state index contributed by atoms with van der Waals surface area (Å²) in [5.74, 6) is 2.93. The fraction of sp³-hybridized carbons (Fsp3) is 0.417. The highest BCUT2D eigenvalue weighted by Gasteiger charge is 2.50. The van der Waals surface area contributed by atoms with Crippen LogP contribution in [0, 0.1) is 5.92 Å². The first-order valence-electron chi connectivity index (χ1n) is 10.5. The van der Waals surface area contributed by atoms with E-state index in [2.05, 4.69) is 87.4 Å². The van der Waals surface area contributed by atoms with Crippen molar-refractivity contribution < 1.29 is 0 Å². The Morgan fingerprint density at radius 3 is 2.14 bits per heavy atom. The Morgan fingerprint density at radius 1 is 0.897 bits per heavy atom. The van der Waals surface area contributed by atoms with Crippen LogP contribution in [0.5, 0.6) is 0 Å². The van der Waals surface area contributed by atoms with Gasteiger partial charge < -0.3 is 4.90 Å².